The van der Waals surface area contributed by atoms with E-state index in [0.717, 1.165) is 0 Å². The van der Waals surface area contributed by atoms with Crippen molar-refractivity contribution in [2.75, 3.05) is 38.1 Å². The van der Waals surface area contributed by atoms with Crippen molar-refractivity contribution in [1.82, 2.24) is 9.80 Å². The number of nitrogens with two attached hydrogens (primary N) is 1. The third kappa shape index (κ3) is 5.64. The quantitative estimate of drug-likeness (QED) is 0.760. The van der Waals surface area contributed by atoms with Crippen molar-refractivity contribution in [1.29, 1.82) is 0 Å². The van der Waals surface area contributed by atoms with Gasteiger partial charge in [-0.25, -0.2) is 4.79 Å². The molecule has 0 aliphatic carbocycles. The Morgan fingerprint density at radius 2 is 1.63 bits per heavy atom. The van der Waals surface area contributed by atoms with Gasteiger partial charge in [0.25, 0.3) is 11.8 Å². The van der Waals surface area contributed by atoms with Crippen LogP contribution in [0.5, 0.6) is 5.75 Å². The lowest BCUT2D eigenvalue weighted by Gasteiger charge is -2.23. The fourth-order valence-corrected chi connectivity index (χ4v) is 3.27. The van der Waals surface area contributed by atoms with Crippen LogP contribution in [0.1, 0.15) is 16.8 Å². The molecule has 3 N–H and O–H groups in total. The molecule has 1 saturated heterocycles. The zero-order chi connectivity index (χ0) is 21.5. The number of ether oxygens (including phenoxy) is 1. The zero-order valence-electron chi connectivity index (χ0n) is 16.3. The number of hydrogen-bond donors (Lipinski definition) is 2. The van der Waals surface area contributed by atoms with Crippen LogP contribution in [-0.4, -0.2) is 60.4 Å². The first-order chi connectivity index (χ1) is 14.4. The normalized spacial score (nSPS) is 14.0. The van der Waals surface area contributed by atoms with Gasteiger partial charge >= 0.3 is 6.03 Å². The maximum Gasteiger partial charge on any atom is 0.321 e. The fourth-order valence-electron chi connectivity index (χ4n) is 3.15. The summed E-state index contributed by atoms with van der Waals surface area (Å²) < 4.78 is 5.37. The van der Waals surface area contributed by atoms with E-state index in [2.05, 4.69) is 5.32 Å². The smallest absolute Gasteiger partial charge is 0.321 e. The van der Waals surface area contributed by atoms with Gasteiger partial charge in [0, 0.05) is 36.9 Å². The SMILES string of the molecule is NC(=O)COc1ccccc1C(=O)N1CCCN(C(=O)Nc2ccc(Cl)cc2)CC1. The second kappa shape index (κ2) is 9.98. The first-order valence-corrected chi connectivity index (χ1v) is 9.93. The summed E-state index contributed by atoms with van der Waals surface area (Å²) in [6.07, 6.45) is 0.643. The highest BCUT2D eigenvalue weighted by Crippen LogP contribution is 2.21. The van der Waals surface area contributed by atoms with Gasteiger partial charge in [0.05, 0.1) is 5.56 Å². The van der Waals surface area contributed by atoms with E-state index in [4.69, 9.17) is 22.1 Å². The first-order valence-electron chi connectivity index (χ1n) is 9.55. The number of amides is 4. The van der Waals surface area contributed by atoms with E-state index < -0.39 is 5.91 Å². The van der Waals surface area contributed by atoms with Crippen molar-refractivity contribution in [3.63, 3.8) is 0 Å². The summed E-state index contributed by atoms with van der Waals surface area (Å²) in [5.41, 5.74) is 6.14. The molecule has 1 fully saturated rings. The van der Waals surface area contributed by atoms with Gasteiger partial charge in [0.1, 0.15) is 5.75 Å². The summed E-state index contributed by atoms with van der Waals surface area (Å²) in [6.45, 7) is 1.52. The number of benzene rings is 2. The number of carbonyl (C=O) groups excluding carboxylic acids is 3. The van der Waals surface area contributed by atoms with E-state index in [-0.39, 0.29) is 18.5 Å². The molecule has 158 valence electrons. The highest BCUT2D eigenvalue weighted by molar-refractivity contribution is 6.30. The molecule has 30 heavy (non-hydrogen) atoms. The van der Waals surface area contributed by atoms with E-state index in [1.807, 2.05) is 0 Å². The Hall–Kier alpha value is -3.26. The molecule has 0 spiro atoms. The van der Waals surface area contributed by atoms with E-state index in [0.29, 0.717) is 54.6 Å². The Morgan fingerprint density at radius 3 is 2.37 bits per heavy atom. The van der Waals surface area contributed by atoms with Gasteiger partial charge in [0.2, 0.25) is 0 Å². The molecule has 0 bridgehead atoms. The minimum absolute atomic E-state index is 0.213. The number of nitrogens with zero attached hydrogens (tertiary/aromatic N) is 2. The van der Waals surface area contributed by atoms with Crippen LogP contribution in [0.2, 0.25) is 5.02 Å². The standard InChI is InChI=1S/C21H23ClN4O4/c22-15-6-8-16(9-7-15)24-21(29)26-11-3-10-25(12-13-26)20(28)17-4-1-2-5-18(17)30-14-19(23)27/h1-2,4-9H,3,10-14H2,(H2,23,27)(H,24,29). The molecule has 0 aromatic heterocycles. The Balaban J connectivity index is 1.62. The van der Waals surface area contributed by atoms with Crippen molar-refractivity contribution >= 4 is 35.1 Å². The van der Waals surface area contributed by atoms with Crippen LogP contribution in [0.25, 0.3) is 0 Å². The maximum absolute atomic E-state index is 13.0. The fraction of sp³-hybridized carbons (Fsp3) is 0.286. The highest BCUT2D eigenvalue weighted by Gasteiger charge is 2.24. The van der Waals surface area contributed by atoms with E-state index in [1.165, 1.54) is 0 Å². The van der Waals surface area contributed by atoms with Gasteiger partial charge in [0.15, 0.2) is 6.61 Å². The van der Waals surface area contributed by atoms with Gasteiger partial charge in [-0.2, -0.15) is 0 Å². The summed E-state index contributed by atoms with van der Waals surface area (Å²) in [7, 11) is 0. The lowest BCUT2D eigenvalue weighted by molar-refractivity contribution is -0.119. The summed E-state index contributed by atoms with van der Waals surface area (Å²) in [6, 6.07) is 13.4. The average Bonchev–Trinajstić information content (AvgIpc) is 3.00. The summed E-state index contributed by atoms with van der Waals surface area (Å²) in [5.74, 6) is -0.521. The molecular formula is C21H23ClN4O4. The second-order valence-corrected chi connectivity index (χ2v) is 7.26. The maximum atomic E-state index is 13.0. The number of rotatable bonds is 5. The molecule has 8 nitrogen and oxygen atoms in total. The lowest BCUT2D eigenvalue weighted by Crippen LogP contribution is -2.39. The van der Waals surface area contributed by atoms with E-state index >= 15 is 0 Å². The highest BCUT2D eigenvalue weighted by atomic mass is 35.5. The number of anilines is 1. The third-order valence-corrected chi connectivity index (χ3v) is 4.91. The molecule has 1 aliphatic heterocycles. The van der Waals surface area contributed by atoms with Crippen LogP contribution >= 0.6 is 11.6 Å². The molecule has 1 aliphatic rings. The lowest BCUT2D eigenvalue weighted by atomic mass is 10.1. The Labute approximate surface area is 179 Å². The molecule has 2 aromatic rings. The molecule has 1 heterocycles. The summed E-state index contributed by atoms with van der Waals surface area (Å²) >= 11 is 5.87. The van der Waals surface area contributed by atoms with Gasteiger partial charge in [-0.15, -0.1) is 0 Å². The van der Waals surface area contributed by atoms with Gasteiger partial charge in [-0.1, -0.05) is 23.7 Å². The topological polar surface area (TPSA) is 105 Å². The van der Waals surface area contributed by atoms with Gasteiger partial charge in [-0.3, -0.25) is 9.59 Å². The summed E-state index contributed by atoms with van der Waals surface area (Å²) in [5, 5.41) is 3.43. The molecule has 4 amide bonds. The molecule has 0 unspecified atom stereocenters. The van der Waals surface area contributed by atoms with Crippen LogP contribution < -0.4 is 15.8 Å². The molecule has 9 heteroatoms. The Morgan fingerprint density at radius 1 is 0.967 bits per heavy atom. The molecule has 3 rings (SSSR count). The predicted octanol–water partition coefficient (Wildman–Crippen LogP) is 2.58. The molecule has 0 atom stereocenters. The minimum Gasteiger partial charge on any atom is -0.483 e. The number of para-hydroxylation sites is 1. The number of urea groups is 1. The molecular weight excluding hydrogens is 408 g/mol. The van der Waals surface area contributed by atoms with Gasteiger partial charge in [-0.05, 0) is 42.8 Å². The minimum atomic E-state index is -0.616. The number of hydrogen-bond acceptors (Lipinski definition) is 4. The molecule has 0 radical (unpaired) electrons. The predicted molar refractivity (Wildman–Crippen MR) is 114 cm³/mol. The zero-order valence-corrected chi connectivity index (χ0v) is 17.1. The number of primary amides is 1. The first kappa shape index (κ1) is 21.4. The van der Waals surface area contributed by atoms with Gasteiger partial charge < -0.3 is 25.6 Å². The molecule has 2 aromatic carbocycles. The average molecular weight is 431 g/mol. The Kier molecular flexibility index (Phi) is 7.13. The monoisotopic (exact) mass is 430 g/mol. The molecule has 0 saturated carbocycles. The van der Waals surface area contributed by atoms with Crippen LogP contribution in [0.3, 0.4) is 0 Å². The van der Waals surface area contributed by atoms with E-state index in [1.54, 1.807) is 58.3 Å². The van der Waals surface area contributed by atoms with Crippen molar-refractivity contribution in [3.05, 3.63) is 59.1 Å². The van der Waals surface area contributed by atoms with Crippen LogP contribution in [0, 0.1) is 0 Å². The van der Waals surface area contributed by atoms with Crippen molar-refractivity contribution in [2.45, 2.75) is 6.42 Å². The van der Waals surface area contributed by atoms with Crippen LogP contribution in [-0.2, 0) is 4.79 Å². The van der Waals surface area contributed by atoms with Crippen molar-refractivity contribution < 1.29 is 19.1 Å². The largest absolute Gasteiger partial charge is 0.483 e. The van der Waals surface area contributed by atoms with Crippen molar-refractivity contribution in [2.24, 2.45) is 5.73 Å². The second-order valence-electron chi connectivity index (χ2n) is 6.82. The van der Waals surface area contributed by atoms with Crippen LogP contribution in [0.4, 0.5) is 10.5 Å². The van der Waals surface area contributed by atoms with Crippen LogP contribution in [0.15, 0.2) is 48.5 Å². The number of nitrogens with one attached hydrogen (secondary N) is 1. The van der Waals surface area contributed by atoms with E-state index in [9.17, 15) is 14.4 Å². The summed E-state index contributed by atoms with van der Waals surface area (Å²) in [4.78, 5) is 39.9. The third-order valence-electron chi connectivity index (χ3n) is 4.65. The number of halogens is 1. The van der Waals surface area contributed by atoms with Crippen molar-refractivity contribution in [3.8, 4) is 5.75 Å². The number of carbonyl (C=O) groups is 3. The Bertz CT molecular complexity index is 919.